The van der Waals surface area contributed by atoms with Crippen LogP contribution >= 0.6 is 0 Å². The lowest BCUT2D eigenvalue weighted by Gasteiger charge is -2.41. The molecule has 1 aliphatic heterocycles. The van der Waals surface area contributed by atoms with Crippen LogP contribution < -0.4 is 16.2 Å². The van der Waals surface area contributed by atoms with E-state index >= 15 is 0 Å². The smallest absolute Gasteiger partial charge is 0.265 e. The van der Waals surface area contributed by atoms with Crippen LogP contribution in [0.25, 0.3) is 11.1 Å². The van der Waals surface area contributed by atoms with Crippen molar-refractivity contribution >= 4 is 11.6 Å². The molecular formula is C23H30N4O. The van der Waals surface area contributed by atoms with Crippen molar-refractivity contribution in [3.63, 3.8) is 0 Å². The second-order valence-corrected chi connectivity index (χ2v) is 7.91. The number of hydrogen-bond acceptors (Lipinski definition) is 4. The molecule has 2 aromatic carbocycles. The van der Waals surface area contributed by atoms with Crippen LogP contribution in [0, 0.1) is 0 Å². The lowest BCUT2D eigenvalue weighted by atomic mass is 9.94. The van der Waals surface area contributed by atoms with Gasteiger partial charge in [0.25, 0.3) is 5.91 Å². The summed E-state index contributed by atoms with van der Waals surface area (Å²) in [4.78, 5) is 16.8. The van der Waals surface area contributed by atoms with Gasteiger partial charge in [0.2, 0.25) is 0 Å². The van der Waals surface area contributed by atoms with Gasteiger partial charge in [0.1, 0.15) is 0 Å². The van der Waals surface area contributed by atoms with Gasteiger partial charge in [0.15, 0.2) is 0 Å². The molecule has 28 heavy (non-hydrogen) atoms. The van der Waals surface area contributed by atoms with Gasteiger partial charge >= 0.3 is 0 Å². The third-order valence-electron chi connectivity index (χ3n) is 6.25. The Morgan fingerprint density at radius 2 is 1.39 bits per heavy atom. The first kappa shape index (κ1) is 19.0. The highest BCUT2D eigenvalue weighted by molar-refractivity contribution is 5.94. The summed E-state index contributed by atoms with van der Waals surface area (Å²) in [6.45, 7) is 4.58. The third-order valence-corrected chi connectivity index (χ3v) is 6.25. The van der Waals surface area contributed by atoms with Crippen LogP contribution in [0.1, 0.15) is 42.5 Å². The normalized spacial score (nSPS) is 18.8. The van der Waals surface area contributed by atoms with Crippen molar-refractivity contribution < 1.29 is 4.79 Å². The van der Waals surface area contributed by atoms with E-state index in [-0.39, 0.29) is 5.91 Å². The van der Waals surface area contributed by atoms with E-state index in [4.69, 9.17) is 5.84 Å². The zero-order chi connectivity index (χ0) is 19.3. The summed E-state index contributed by atoms with van der Waals surface area (Å²) in [5.74, 6) is 4.92. The molecule has 1 amide bonds. The number of nitrogen functional groups attached to an aromatic ring is 1. The minimum atomic E-state index is -0.269. The molecule has 0 unspecified atom stereocenters. The van der Waals surface area contributed by atoms with Gasteiger partial charge in [-0.15, -0.1) is 0 Å². The van der Waals surface area contributed by atoms with E-state index in [1.54, 1.807) is 12.1 Å². The van der Waals surface area contributed by atoms with Crippen molar-refractivity contribution in [2.75, 3.05) is 31.1 Å². The van der Waals surface area contributed by atoms with Crippen molar-refractivity contribution in [1.29, 1.82) is 0 Å². The average Bonchev–Trinajstić information content (AvgIpc) is 2.79. The van der Waals surface area contributed by atoms with Crippen LogP contribution in [0.4, 0.5) is 5.69 Å². The Morgan fingerprint density at radius 1 is 0.821 bits per heavy atom. The molecule has 1 aliphatic carbocycles. The lowest BCUT2D eigenvalue weighted by Crippen LogP contribution is -2.50. The van der Waals surface area contributed by atoms with Crippen LogP contribution in [0.3, 0.4) is 0 Å². The maximum absolute atomic E-state index is 11.6. The highest BCUT2D eigenvalue weighted by Crippen LogP contribution is 2.27. The molecule has 5 nitrogen and oxygen atoms in total. The minimum absolute atomic E-state index is 0.269. The number of nitrogens with two attached hydrogens (primary N) is 1. The fourth-order valence-electron chi connectivity index (χ4n) is 4.55. The second-order valence-electron chi connectivity index (χ2n) is 7.91. The summed E-state index contributed by atoms with van der Waals surface area (Å²) in [5.41, 5.74) is 6.28. The molecule has 3 N–H and O–H groups in total. The first-order valence-corrected chi connectivity index (χ1v) is 10.4. The van der Waals surface area contributed by atoms with Crippen LogP contribution in [0.15, 0.2) is 48.5 Å². The molecule has 1 saturated carbocycles. The van der Waals surface area contributed by atoms with Crippen LogP contribution in [-0.2, 0) is 0 Å². The fraction of sp³-hybridized carbons (Fsp3) is 0.435. The highest BCUT2D eigenvalue weighted by atomic mass is 16.2. The summed E-state index contributed by atoms with van der Waals surface area (Å²) in [7, 11) is 0. The Morgan fingerprint density at radius 3 is 1.96 bits per heavy atom. The standard InChI is InChI=1S/C23H30N4O/c24-25-23(28)20-8-6-18(7-9-20)19-10-12-22(13-11-19)27-16-14-26(15-17-27)21-4-2-1-3-5-21/h6-13,21H,1-5,14-17,24H2,(H,25,28). The third kappa shape index (κ3) is 4.21. The molecule has 5 heteroatoms. The number of nitrogens with zero attached hydrogens (tertiary/aromatic N) is 2. The largest absolute Gasteiger partial charge is 0.369 e. The van der Waals surface area contributed by atoms with Crippen LogP contribution in [-0.4, -0.2) is 43.0 Å². The van der Waals surface area contributed by atoms with Gasteiger partial charge < -0.3 is 4.90 Å². The first-order chi connectivity index (χ1) is 13.7. The van der Waals surface area contributed by atoms with E-state index in [1.165, 1.54) is 50.9 Å². The lowest BCUT2D eigenvalue weighted by molar-refractivity contribution is 0.0953. The number of piperazine rings is 1. The van der Waals surface area contributed by atoms with Gasteiger partial charge in [-0.05, 0) is 48.2 Å². The van der Waals surface area contributed by atoms with Gasteiger partial charge in [-0.25, -0.2) is 5.84 Å². The predicted molar refractivity (Wildman–Crippen MR) is 114 cm³/mol. The molecule has 148 valence electrons. The van der Waals surface area contributed by atoms with Gasteiger partial charge in [-0.3, -0.25) is 15.1 Å². The molecule has 2 aromatic rings. The van der Waals surface area contributed by atoms with Gasteiger partial charge in [0, 0.05) is 43.5 Å². The van der Waals surface area contributed by atoms with E-state index in [0.717, 1.165) is 30.3 Å². The van der Waals surface area contributed by atoms with Gasteiger partial charge in [0.05, 0.1) is 0 Å². The van der Waals surface area contributed by atoms with E-state index < -0.39 is 0 Å². The number of hydrogen-bond donors (Lipinski definition) is 2. The summed E-state index contributed by atoms with van der Waals surface area (Å²) >= 11 is 0. The summed E-state index contributed by atoms with van der Waals surface area (Å²) in [6, 6.07) is 17.1. The molecule has 0 aromatic heterocycles. The van der Waals surface area contributed by atoms with E-state index in [0.29, 0.717) is 5.56 Å². The molecule has 1 heterocycles. The van der Waals surface area contributed by atoms with Crippen LogP contribution in [0.2, 0.25) is 0 Å². The number of nitrogens with one attached hydrogen (secondary N) is 1. The molecule has 2 fully saturated rings. The number of hydrazine groups is 1. The Kier molecular flexibility index (Phi) is 5.93. The van der Waals surface area contributed by atoms with E-state index in [1.807, 2.05) is 12.1 Å². The topological polar surface area (TPSA) is 61.6 Å². The number of carbonyl (C=O) groups excluding carboxylic acids is 1. The molecule has 2 aliphatic rings. The molecule has 0 radical (unpaired) electrons. The van der Waals surface area contributed by atoms with Gasteiger partial charge in [-0.1, -0.05) is 43.5 Å². The van der Waals surface area contributed by atoms with E-state index in [2.05, 4.69) is 39.5 Å². The monoisotopic (exact) mass is 378 g/mol. The first-order valence-electron chi connectivity index (χ1n) is 10.4. The van der Waals surface area contributed by atoms with Gasteiger partial charge in [-0.2, -0.15) is 0 Å². The fourth-order valence-corrected chi connectivity index (χ4v) is 4.55. The zero-order valence-electron chi connectivity index (χ0n) is 16.4. The predicted octanol–water partition coefficient (Wildman–Crippen LogP) is 3.41. The van der Waals surface area contributed by atoms with Crippen molar-refractivity contribution in [2.24, 2.45) is 5.84 Å². The van der Waals surface area contributed by atoms with E-state index in [9.17, 15) is 4.79 Å². The molecule has 4 rings (SSSR count). The highest BCUT2D eigenvalue weighted by Gasteiger charge is 2.25. The number of carbonyl (C=O) groups is 1. The molecule has 0 atom stereocenters. The number of anilines is 1. The van der Waals surface area contributed by atoms with Crippen molar-refractivity contribution in [2.45, 2.75) is 38.1 Å². The van der Waals surface area contributed by atoms with Crippen molar-refractivity contribution in [3.8, 4) is 11.1 Å². The quantitative estimate of drug-likeness (QED) is 0.486. The summed E-state index contributed by atoms with van der Waals surface area (Å²) < 4.78 is 0. The Bertz CT molecular complexity index is 773. The molecular weight excluding hydrogens is 348 g/mol. The number of amides is 1. The SMILES string of the molecule is NNC(=O)c1ccc(-c2ccc(N3CCN(C4CCCCC4)CC3)cc2)cc1. The number of benzene rings is 2. The summed E-state index contributed by atoms with van der Waals surface area (Å²) in [6.07, 6.45) is 7.01. The summed E-state index contributed by atoms with van der Waals surface area (Å²) in [5, 5.41) is 0. The number of rotatable bonds is 4. The minimum Gasteiger partial charge on any atom is -0.369 e. The Hall–Kier alpha value is -2.37. The molecule has 0 spiro atoms. The molecule has 1 saturated heterocycles. The maximum atomic E-state index is 11.6. The average molecular weight is 379 g/mol. The van der Waals surface area contributed by atoms with Crippen molar-refractivity contribution in [3.05, 3.63) is 54.1 Å². The second kappa shape index (κ2) is 8.76. The van der Waals surface area contributed by atoms with Crippen molar-refractivity contribution in [1.82, 2.24) is 10.3 Å². The Labute approximate surface area is 167 Å². The Balaban J connectivity index is 1.36. The molecule has 0 bridgehead atoms. The maximum Gasteiger partial charge on any atom is 0.265 e. The van der Waals surface area contributed by atoms with Crippen LogP contribution in [0.5, 0.6) is 0 Å². The zero-order valence-corrected chi connectivity index (χ0v) is 16.4.